The first-order chi connectivity index (χ1) is 14.9. The molecule has 0 saturated heterocycles. The molecule has 1 aromatic rings. The third-order valence-electron chi connectivity index (χ3n) is 5.18. The van der Waals surface area contributed by atoms with Gasteiger partial charge in [-0.1, -0.05) is 13.3 Å². The summed E-state index contributed by atoms with van der Waals surface area (Å²) in [7, 11) is 2.00. The molecule has 2 N–H and O–H groups in total. The maximum absolute atomic E-state index is 12.4. The van der Waals surface area contributed by atoms with Crippen LogP contribution in [0.4, 0.5) is 10.5 Å². The molecule has 172 valence electrons. The van der Waals surface area contributed by atoms with E-state index < -0.39 is 11.9 Å². The Kier molecular flexibility index (Phi) is 10.1. The molecular formula is C22H33N3O5S. The fourth-order valence-corrected chi connectivity index (χ4v) is 4.38. The number of hydrogen-bond acceptors (Lipinski definition) is 6. The second-order valence-corrected chi connectivity index (χ2v) is 8.70. The molecule has 2 amide bonds. The van der Waals surface area contributed by atoms with Crippen LogP contribution in [-0.4, -0.2) is 73.6 Å². The Morgan fingerprint density at radius 1 is 1.32 bits per heavy atom. The summed E-state index contributed by atoms with van der Waals surface area (Å²) >= 11 is 1.69. The van der Waals surface area contributed by atoms with E-state index in [2.05, 4.69) is 10.2 Å². The lowest BCUT2D eigenvalue weighted by Gasteiger charge is -2.32. The number of amides is 2. The zero-order valence-electron chi connectivity index (χ0n) is 18.6. The van der Waals surface area contributed by atoms with Crippen molar-refractivity contribution >= 4 is 35.4 Å². The number of likely N-dealkylation sites (N-methyl/N-ethyl adjacent to an activating group) is 1. The van der Waals surface area contributed by atoms with Gasteiger partial charge in [0, 0.05) is 42.5 Å². The third kappa shape index (κ3) is 7.43. The quantitative estimate of drug-likeness (QED) is 0.286. The smallest absolute Gasteiger partial charge is 0.407 e. The van der Waals surface area contributed by atoms with Gasteiger partial charge < -0.3 is 25.0 Å². The highest BCUT2D eigenvalue weighted by Gasteiger charge is 2.36. The van der Waals surface area contributed by atoms with Crippen LogP contribution in [0.15, 0.2) is 23.1 Å². The number of hydrogen-bond donors (Lipinski definition) is 2. The molecule has 1 heterocycles. The van der Waals surface area contributed by atoms with E-state index in [1.807, 2.05) is 39.1 Å². The van der Waals surface area contributed by atoms with Gasteiger partial charge >= 0.3 is 12.1 Å². The van der Waals surface area contributed by atoms with E-state index in [9.17, 15) is 19.5 Å². The lowest BCUT2D eigenvalue weighted by molar-refractivity contribution is -0.146. The van der Waals surface area contributed by atoms with Crippen LogP contribution >= 0.6 is 11.8 Å². The van der Waals surface area contributed by atoms with Gasteiger partial charge in [0.25, 0.3) is 0 Å². The molecule has 0 saturated carbocycles. The minimum atomic E-state index is -1.07. The first-order valence-corrected chi connectivity index (χ1v) is 11.7. The van der Waals surface area contributed by atoms with Crippen LogP contribution in [-0.2, 0) is 20.7 Å². The Bertz CT molecular complexity index is 774. The van der Waals surface area contributed by atoms with Crippen molar-refractivity contribution in [1.29, 1.82) is 0 Å². The number of benzene rings is 1. The molecule has 0 aliphatic carbocycles. The minimum Gasteiger partial charge on any atom is -0.481 e. The fraction of sp³-hybridized carbons (Fsp3) is 0.591. The van der Waals surface area contributed by atoms with Crippen LogP contribution < -0.4 is 10.2 Å². The topological polar surface area (TPSA) is 99.2 Å². The van der Waals surface area contributed by atoms with E-state index in [-0.39, 0.29) is 18.4 Å². The molecular weight excluding hydrogens is 418 g/mol. The predicted octanol–water partition coefficient (Wildman–Crippen LogP) is 2.85. The number of rotatable bonds is 12. The Morgan fingerprint density at radius 3 is 2.77 bits per heavy atom. The number of alkyl carbamates (subject to hydrolysis) is 1. The molecule has 0 spiro atoms. The molecule has 1 atom stereocenters. The molecule has 0 aromatic heterocycles. The van der Waals surface area contributed by atoms with Crippen molar-refractivity contribution in [2.24, 2.45) is 5.92 Å². The number of nitrogens with zero attached hydrogens (tertiary/aromatic N) is 2. The highest BCUT2D eigenvalue weighted by atomic mass is 32.2. The molecule has 0 fully saturated rings. The number of thioether (sulfide) groups is 1. The fourth-order valence-electron chi connectivity index (χ4n) is 3.35. The van der Waals surface area contributed by atoms with Gasteiger partial charge in [-0.15, -0.1) is 11.8 Å². The monoisotopic (exact) mass is 451 g/mol. The van der Waals surface area contributed by atoms with Gasteiger partial charge in [0.05, 0.1) is 6.61 Å². The molecule has 9 heteroatoms. The summed E-state index contributed by atoms with van der Waals surface area (Å²) in [4.78, 5) is 40.1. The van der Waals surface area contributed by atoms with Crippen LogP contribution in [0.2, 0.25) is 0 Å². The van der Waals surface area contributed by atoms with Crippen LogP contribution in [0.3, 0.4) is 0 Å². The molecule has 2 rings (SSSR count). The van der Waals surface area contributed by atoms with E-state index in [0.29, 0.717) is 19.7 Å². The van der Waals surface area contributed by atoms with Crippen molar-refractivity contribution in [2.45, 2.75) is 38.0 Å². The molecule has 1 aliphatic heterocycles. The minimum absolute atomic E-state index is 0.230. The molecule has 1 aliphatic rings. The van der Waals surface area contributed by atoms with Gasteiger partial charge in [-0.05, 0) is 50.6 Å². The first-order valence-electron chi connectivity index (χ1n) is 10.8. The number of anilines is 1. The third-order valence-corrected chi connectivity index (χ3v) is 6.15. The zero-order chi connectivity index (χ0) is 22.8. The predicted molar refractivity (Wildman–Crippen MR) is 122 cm³/mol. The Labute approximate surface area is 188 Å². The molecule has 31 heavy (non-hydrogen) atoms. The maximum Gasteiger partial charge on any atom is 0.407 e. The van der Waals surface area contributed by atoms with Gasteiger partial charge in [0.1, 0.15) is 5.92 Å². The van der Waals surface area contributed by atoms with E-state index in [1.54, 1.807) is 16.7 Å². The average molecular weight is 452 g/mol. The Balaban J connectivity index is 1.79. The van der Waals surface area contributed by atoms with E-state index in [0.717, 1.165) is 47.8 Å². The van der Waals surface area contributed by atoms with Gasteiger partial charge in [-0.2, -0.15) is 0 Å². The van der Waals surface area contributed by atoms with Gasteiger partial charge in [-0.3, -0.25) is 9.59 Å². The maximum atomic E-state index is 12.4. The summed E-state index contributed by atoms with van der Waals surface area (Å²) in [5.74, 6) is -1.57. The highest BCUT2D eigenvalue weighted by molar-refractivity contribution is 7.99. The van der Waals surface area contributed by atoms with E-state index in [1.165, 1.54) is 0 Å². The second kappa shape index (κ2) is 12.6. The van der Waals surface area contributed by atoms with Gasteiger partial charge in [0.15, 0.2) is 0 Å². The normalized spacial score (nSPS) is 15.7. The summed E-state index contributed by atoms with van der Waals surface area (Å²) in [6.45, 7) is 6.89. The number of unbranched alkanes of at least 4 members (excludes halogenated alkanes) is 1. The number of aliphatic carboxylic acids is 1. The average Bonchev–Trinajstić information content (AvgIpc) is 2.73. The second-order valence-electron chi connectivity index (χ2n) is 7.54. The van der Waals surface area contributed by atoms with Crippen molar-refractivity contribution in [1.82, 2.24) is 10.2 Å². The number of carbonyl (C=O) groups excluding carboxylic acids is 2. The number of carbonyl (C=O) groups is 3. The van der Waals surface area contributed by atoms with Gasteiger partial charge in [-0.25, -0.2) is 4.79 Å². The number of carboxylic acids is 1. The summed E-state index contributed by atoms with van der Waals surface area (Å²) in [5, 5.41) is 12.1. The largest absolute Gasteiger partial charge is 0.481 e. The molecule has 1 unspecified atom stereocenters. The number of carboxylic acid groups (broad SMARTS) is 1. The first kappa shape index (κ1) is 25.0. The van der Waals surface area contributed by atoms with Crippen molar-refractivity contribution in [3.63, 3.8) is 0 Å². The van der Waals surface area contributed by atoms with Crippen molar-refractivity contribution in [3.8, 4) is 0 Å². The lowest BCUT2D eigenvalue weighted by Crippen LogP contribution is -2.44. The summed E-state index contributed by atoms with van der Waals surface area (Å²) in [6.07, 6.45) is 1.72. The highest BCUT2D eigenvalue weighted by Crippen LogP contribution is 2.34. The van der Waals surface area contributed by atoms with Crippen molar-refractivity contribution in [2.75, 3.05) is 50.5 Å². The van der Waals surface area contributed by atoms with E-state index >= 15 is 0 Å². The van der Waals surface area contributed by atoms with Crippen molar-refractivity contribution < 1.29 is 24.2 Å². The van der Waals surface area contributed by atoms with Crippen LogP contribution in [0.5, 0.6) is 0 Å². The summed E-state index contributed by atoms with van der Waals surface area (Å²) in [5.41, 5.74) is 1.71. The van der Waals surface area contributed by atoms with Crippen LogP contribution in [0.25, 0.3) is 0 Å². The number of fused-ring (bicyclic) bond motifs is 1. The number of nitrogens with one attached hydrogen (secondary N) is 1. The van der Waals surface area contributed by atoms with Crippen LogP contribution in [0.1, 0.15) is 32.3 Å². The summed E-state index contributed by atoms with van der Waals surface area (Å²) in [6, 6.07) is 5.89. The van der Waals surface area contributed by atoms with Gasteiger partial charge in [0.2, 0.25) is 5.91 Å². The standard InChI is InChI=1S/C22H33N3O5S/c1-4-6-12-30-22(29)23-9-10-24(3)11-13-31-17-7-8-19-16(14-17)15-18(21(27)28)20(26)25(19)5-2/h7-8,14,18H,4-6,9-13,15H2,1-3H3,(H,23,29)(H,27,28). The molecule has 0 radical (unpaired) electrons. The summed E-state index contributed by atoms with van der Waals surface area (Å²) < 4.78 is 5.06. The Hall–Kier alpha value is -2.26. The molecule has 8 nitrogen and oxygen atoms in total. The SMILES string of the molecule is CCCCOC(=O)NCCN(C)CCSc1ccc2c(c1)CC(C(=O)O)C(=O)N2CC. The van der Waals surface area contributed by atoms with Crippen molar-refractivity contribution in [3.05, 3.63) is 23.8 Å². The van der Waals surface area contributed by atoms with Crippen LogP contribution in [0, 0.1) is 5.92 Å². The zero-order valence-corrected chi connectivity index (χ0v) is 19.4. The lowest BCUT2D eigenvalue weighted by atomic mass is 9.92. The molecule has 1 aromatic carbocycles. The number of ether oxygens (including phenoxy) is 1. The van der Waals surface area contributed by atoms with E-state index in [4.69, 9.17) is 4.74 Å². The Morgan fingerprint density at radius 2 is 2.10 bits per heavy atom. The molecule has 0 bridgehead atoms.